The maximum atomic E-state index is 13.3. The second-order valence-corrected chi connectivity index (χ2v) is 9.98. The van der Waals surface area contributed by atoms with Gasteiger partial charge in [-0.15, -0.1) is 0 Å². The number of carbonyl (C=O) groups is 1. The summed E-state index contributed by atoms with van der Waals surface area (Å²) in [5.74, 6) is -0.509. The summed E-state index contributed by atoms with van der Waals surface area (Å²) < 4.78 is 29.9. The SMILES string of the molecule is COC(=O)Cc1[nH]n(-c2nc3ccccc3s2)c(=O)c1C(C)=NCc1ccc(S(N)(=O)=O)cc1. The molecule has 12 heteroatoms. The number of para-hydroxylation sites is 1. The average molecular weight is 500 g/mol. The van der Waals surface area contributed by atoms with Crippen molar-refractivity contribution in [3.05, 3.63) is 75.7 Å². The minimum absolute atomic E-state index is 0.00155. The van der Waals surface area contributed by atoms with E-state index >= 15 is 0 Å². The average Bonchev–Trinajstić information content (AvgIpc) is 3.37. The van der Waals surface area contributed by atoms with Crippen LogP contribution in [0.15, 0.2) is 63.2 Å². The van der Waals surface area contributed by atoms with Gasteiger partial charge in [-0.3, -0.25) is 19.7 Å². The molecule has 2 aromatic carbocycles. The number of nitrogens with one attached hydrogen (secondary N) is 1. The van der Waals surface area contributed by atoms with E-state index in [2.05, 4.69) is 15.1 Å². The van der Waals surface area contributed by atoms with Crippen molar-refractivity contribution in [2.24, 2.45) is 10.1 Å². The number of nitrogens with zero attached hydrogens (tertiary/aromatic N) is 3. The van der Waals surface area contributed by atoms with Gasteiger partial charge in [0.05, 0.1) is 46.4 Å². The summed E-state index contributed by atoms with van der Waals surface area (Å²) in [6.45, 7) is 1.87. The van der Waals surface area contributed by atoms with Gasteiger partial charge < -0.3 is 4.74 Å². The quantitative estimate of drug-likeness (QED) is 0.294. The van der Waals surface area contributed by atoms with E-state index in [0.717, 1.165) is 15.8 Å². The largest absolute Gasteiger partial charge is 0.469 e. The minimum Gasteiger partial charge on any atom is -0.469 e. The number of rotatable bonds is 7. The zero-order valence-corrected chi connectivity index (χ0v) is 19.9. The van der Waals surface area contributed by atoms with Crippen LogP contribution >= 0.6 is 11.3 Å². The van der Waals surface area contributed by atoms with Crippen molar-refractivity contribution in [2.45, 2.75) is 24.8 Å². The van der Waals surface area contributed by atoms with Gasteiger partial charge in [0.2, 0.25) is 15.2 Å². The van der Waals surface area contributed by atoms with E-state index in [-0.39, 0.29) is 29.0 Å². The number of hydrogen-bond donors (Lipinski definition) is 2. The molecule has 0 saturated heterocycles. The van der Waals surface area contributed by atoms with Crippen LogP contribution < -0.4 is 10.7 Å². The highest BCUT2D eigenvalue weighted by molar-refractivity contribution is 7.89. The standard InChI is InChI=1S/C22H21N5O5S2/c1-13(24-12-14-7-9-15(10-8-14)34(23,30)31)20-17(11-19(28)32-2)26-27(21(20)29)22-25-16-5-3-4-6-18(16)33-22/h3-10,26H,11-12H2,1-2H3,(H2,23,30,31). The molecule has 4 aromatic rings. The molecule has 176 valence electrons. The normalized spacial score (nSPS) is 12.3. The number of thiazole rings is 1. The fourth-order valence-corrected chi connectivity index (χ4v) is 4.80. The van der Waals surface area contributed by atoms with E-state index in [0.29, 0.717) is 16.5 Å². The molecule has 2 heterocycles. The van der Waals surface area contributed by atoms with Gasteiger partial charge in [0.1, 0.15) is 0 Å². The van der Waals surface area contributed by atoms with Crippen molar-refractivity contribution < 1.29 is 17.9 Å². The summed E-state index contributed by atoms with van der Waals surface area (Å²) in [5, 5.41) is 8.55. The van der Waals surface area contributed by atoms with Crippen molar-refractivity contribution in [3.8, 4) is 5.13 Å². The predicted molar refractivity (Wildman–Crippen MR) is 129 cm³/mol. The molecule has 2 aromatic heterocycles. The van der Waals surface area contributed by atoms with Gasteiger partial charge in [0.25, 0.3) is 5.56 Å². The van der Waals surface area contributed by atoms with E-state index in [1.54, 1.807) is 19.1 Å². The van der Waals surface area contributed by atoms with Crippen molar-refractivity contribution in [2.75, 3.05) is 7.11 Å². The number of benzene rings is 2. The Kier molecular flexibility index (Phi) is 6.46. The van der Waals surface area contributed by atoms with E-state index in [9.17, 15) is 18.0 Å². The number of aliphatic imine (C=N–C) groups is 1. The second kappa shape index (κ2) is 9.33. The number of methoxy groups -OCH3 is 1. The second-order valence-electron chi connectivity index (χ2n) is 7.41. The molecule has 0 atom stereocenters. The summed E-state index contributed by atoms with van der Waals surface area (Å²) in [6.07, 6.45) is -0.144. The van der Waals surface area contributed by atoms with E-state index in [1.807, 2.05) is 24.3 Å². The number of carbonyl (C=O) groups excluding carboxylic acids is 1. The highest BCUT2D eigenvalue weighted by Gasteiger charge is 2.22. The number of nitrogens with two attached hydrogens (primary N) is 1. The third-order valence-electron chi connectivity index (χ3n) is 5.10. The molecule has 3 N–H and O–H groups in total. The van der Waals surface area contributed by atoms with Crippen LogP contribution in [-0.4, -0.2) is 42.0 Å². The Bertz CT molecular complexity index is 1530. The van der Waals surface area contributed by atoms with Gasteiger partial charge in [-0.05, 0) is 36.8 Å². The van der Waals surface area contributed by atoms with E-state index in [1.165, 1.54) is 35.3 Å². The summed E-state index contributed by atoms with van der Waals surface area (Å²) in [4.78, 5) is 34.3. The summed E-state index contributed by atoms with van der Waals surface area (Å²) in [5.41, 5.74) is 2.13. The molecule has 4 rings (SSSR count). The molecule has 0 amide bonds. The van der Waals surface area contributed by atoms with Crippen LogP contribution in [0.3, 0.4) is 0 Å². The first-order valence-corrected chi connectivity index (χ1v) is 12.4. The van der Waals surface area contributed by atoms with Crippen molar-refractivity contribution in [3.63, 3.8) is 0 Å². The molecule has 0 aliphatic carbocycles. The van der Waals surface area contributed by atoms with Crippen LogP contribution in [0.2, 0.25) is 0 Å². The van der Waals surface area contributed by atoms with E-state index < -0.39 is 16.0 Å². The number of esters is 1. The lowest BCUT2D eigenvalue weighted by molar-refractivity contribution is -0.139. The monoisotopic (exact) mass is 499 g/mol. The van der Waals surface area contributed by atoms with Crippen molar-refractivity contribution in [1.29, 1.82) is 0 Å². The maximum absolute atomic E-state index is 13.3. The van der Waals surface area contributed by atoms with Gasteiger partial charge >= 0.3 is 5.97 Å². The molecular weight excluding hydrogens is 478 g/mol. The molecule has 10 nitrogen and oxygen atoms in total. The van der Waals surface area contributed by atoms with Gasteiger partial charge in [0, 0.05) is 5.71 Å². The molecule has 0 spiro atoms. The Morgan fingerprint density at radius 3 is 2.56 bits per heavy atom. The molecule has 0 aliphatic rings. The predicted octanol–water partition coefficient (Wildman–Crippen LogP) is 2.15. The molecule has 0 radical (unpaired) electrons. The third kappa shape index (κ3) is 4.83. The van der Waals surface area contributed by atoms with Gasteiger partial charge in [-0.25, -0.2) is 18.5 Å². The van der Waals surface area contributed by atoms with Crippen molar-refractivity contribution in [1.82, 2.24) is 14.8 Å². The van der Waals surface area contributed by atoms with E-state index in [4.69, 9.17) is 9.88 Å². The zero-order chi connectivity index (χ0) is 24.5. The summed E-state index contributed by atoms with van der Waals surface area (Å²) in [7, 11) is -2.51. The Labute approximate surface area is 198 Å². The van der Waals surface area contributed by atoms with Crippen LogP contribution in [-0.2, 0) is 32.5 Å². The Balaban J connectivity index is 1.71. The first-order valence-electron chi connectivity index (χ1n) is 10.1. The van der Waals surface area contributed by atoms with Crippen LogP contribution in [0.5, 0.6) is 0 Å². The van der Waals surface area contributed by atoms with Crippen LogP contribution in [0.25, 0.3) is 15.3 Å². The lowest BCUT2D eigenvalue weighted by Crippen LogP contribution is -2.20. The number of fused-ring (bicyclic) bond motifs is 1. The fraction of sp³-hybridized carbons (Fsp3) is 0.182. The molecule has 0 bridgehead atoms. The highest BCUT2D eigenvalue weighted by Crippen LogP contribution is 2.24. The maximum Gasteiger partial charge on any atom is 0.311 e. The Morgan fingerprint density at radius 1 is 1.21 bits per heavy atom. The highest BCUT2D eigenvalue weighted by atomic mass is 32.2. The topological polar surface area (TPSA) is 150 Å². The third-order valence-corrected chi connectivity index (χ3v) is 7.05. The number of aromatic nitrogens is 3. The molecule has 0 unspecified atom stereocenters. The first kappa shape index (κ1) is 23.5. The lowest BCUT2D eigenvalue weighted by Gasteiger charge is -2.03. The van der Waals surface area contributed by atoms with Crippen molar-refractivity contribution >= 4 is 43.3 Å². The Hall–Kier alpha value is -3.61. The lowest BCUT2D eigenvalue weighted by atomic mass is 10.1. The van der Waals surface area contributed by atoms with Crippen LogP contribution in [0.4, 0.5) is 0 Å². The number of aromatic amines is 1. The van der Waals surface area contributed by atoms with Gasteiger partial charge in [-0.2, -0.15) is 4.68 Å². The number of hydrogen-bond acceptors (Lipinski definition) is 8. The van der Waals surface area contributed by atoms with Gasteiger partial charge in [-0.1, -0.05) is 35.6 Å². The zero-order valence-electron chi connectivity index (χ0n) is 18.3. The fourth-order valence-electron chi connectivity index (χ4n) is 3.36. The molecular formula is C22H21N5O5S2. The molecule has 34 heavy (non-hydrogen) atoms. The summed E-state index contributed by atoms with van der Waals surface area (Å²) >= 11 is 1.34. The smallest absolute Gasteiger partial charge is 0.311 e. The number of ether oxygens (including phenoxy) is 1. The first-order chi connectivity index (χ1) is 16.2. The minimum atomic E-state index is -3.79. The number of H-pyrrole nitrogens is 1. The molecule has 0 aliphatic heterocycles. The summed E-state index contributed by atoms with van der Waals surface area (Å²) in [6, 6.07) is 13.5. The number of primary sulfonamides is 1. The molecule has 0 fully saturated rings. The van der Waals surface area contributed by atoms with Crippen LogP contribution in [0.1, 0.15) is 23.7 Å². The van der Waals surface area contributed by atoms with Crippen LogP contribution in [0, 0.1) is 0 Å². The number of sulfonamides is 1. The van der Waals surface area contributed by atoms with Gasteiger partial charge in [0.15, 0.2) is 0 Å². The Morgan fingerprint density at radius 2 is 1.91 bits per heavy atom. The molecule has 0 saturated carbocycles.